The summed E-state index contributed by atoms with van der Waals surface area (Å²) in [6.45, 7) is 0. The van der Waals surface area contributed by atoms with Gasteiger partial charge in [0.05, 0.1) is 12.7 Å². The minimum absolute atomic E-state index is 0.0613. The molecule has 0 bridgehead atoms. The van der Waals surface area contributed by atoms with E-state index in [0.717, 1.165) is 36.3 Å². The molecular formula is C26H28O4S. The van der Waals surface area contributed by atoms with Crippen LogP contribution in [0.2, 0.25) is 0 Å². The lowest BCUT2D eigenvalue weighted by molar-refractivity contribution is 0.371. The molecule has 2 aromatic heterocycles. The lowest BCUT2D eigenvalue weighted by Crippen LogP contribution is -2.17. The molecule has 31 heavy (non-hydrogen) atoms. The largest absolute Gasteiger partial charge is 0.507 e. The molecule has 0 amide bonds. The molecule has 2 unspecified atom stereocenters. The second-order valence-corrected chi connectivity index (χ2v) is 9.97. The fourth-order valence-electron chi connectivity index (χ4n) is 4.61. The molecule has 3 aromatic rings. The highest BCUT2D eigenvalue weighted by Gasteiger charge is 2.38. The van der Waals surface area contributed by atoms with Crippen LogP contribution in [-0.2, 0) is 6.42 Å². The topological polar surface area (TPSA) is 59.7 Å². The fraction of sp³-hybridized carbons (Fsp3) is 0.423. The van der Waals surface area contributed by atoms with E-state index in [9.17, 15) is 9.90 Å². The van der Waals surface area contributed by atoms with E-state index >= 15 is 0 Å². The molecule has 0 radical (unpaired) electrons. The Hall–Kier alpha value is -2.53. The Balaban J connectivity index is 1.46. The second kappa shape index (κ2) is 8.54. The summed E-state index contributed by atoms with van der Waals surface area (Å²) in [5.41, 5.74) is 1.23. The van der Waals surface area contributed by atoms with Crippen molar-refractivity contribution in [3.63, 3.8) is 0 Å². The van der Waals surface area contributed by atoms with Gasteiger partial charge in [-0.1, -0.05) is 31.0 Å². The monoisotopic (exact) mass is 436 g/mol. The van der Waals surface area contributed by atoms with E-state index in [1.165, 1.54) is 18.4 Å². The number of thiophene rings is 1. The zero-order valence-corrected chi connectivity index (χ0v) is 18.6. The summed E-state index contributed by atoms with van der Waals surface area (Å²) in [5, 5.41) is 13.0. The predicted molar refractivity (Wildman–Crippen MR) is 122 cm³/mol. The van der Waals surface area contributed by atoms with Gasteiger partial charge in [0.1, 0.15) is 17.3 Å². The average Bonchev–Trinajstić information content (AvgIpc) is 3.70. The molecule has 2 heterocycles. The molecule has 0 saturated heterocycles. The zero-order valence-electron chi connectivity index (χ0n) is 17.8. The summed E-state index contributed by atoms with van der Waals surface area (Å²) >= 11 is 1.64. The number of rotatable bonds is 9. The van der Waals surface area contributed by atoms with Gasteiger partial charge in [0, 0.05) is 22.8 Å². The van der Waals surface area contributed by atoms with Crippen LogP contribution in [0, 0.1) is 11.8 Å². The van der Waals surface area contributed by atoms with E-state index in [4.69, 9.17) is 9.15 Å². The standard InChI is InChI=1S/C26H28O4S/c1-29-20-10-6-17(7-11-20)14-19(13-16-4-5-16)22-15-21(27)25(26(28)30-22)24(18-8-9-18)23-3-2-12-31-23/h2-3,6-7,10-12,15-16,18-19,24,27H,4-5,8-9,13-14H2,1H3. The van der Waals surface area contributed by atoms with Gasteiger partial charge in [-0.05, 0) is 66.7 Å². The van der Waals surface area contributed by atoms with E-state index in [0.29, 0.717) is 23.2 Å². The van der Waals surface area contributed by atoms with E-state index in [1.807, 2.05) is 23.6 Å². The van der Waals surface area contributed by atoms with Crippen molar-refractivity contribution in [1.29, 1.82) is 0 Å². The molecule has 5 heteroatoms. The number of ether oxygens (including phenoxy) is 1. The highest BCUT2D eigenvalue weighted by atomic mass is 32.1. The second-order valence-electron chi connectivity index (χ2n) is 8.99. The van der Waals surface area contributed by atoms with Gasteiger partial charge in [-0.25, -0.2) is 4.79 Å². The summed E-state index contributed by atoms with van der Waals surface area (Å²) in [6.07, 6.45) is 6.39. The van der Waals surface area contributed by atoms with Gasteiger partial charge in [0.15, 0.2) is 0 Å². The molecule has 1 N–H and O–H groups in total. The normalized spacial score (nSPS) is 18.0. The number of aromatic hydroxyl groups is 1. The van der Waals surface area contributed by atoms with Crippen LogP contribution in [0.5, 0.6) is 11.5 Å². The van der Waals surface area contributed by atoms with Crippen molar-refractivity contribution in [2.24, 2.45) is 11.8 Å². The Morgan fingerprint density at radius 2 is 1.94 bits per heavy atom. The van der Waals surface area contributed by atoms with Crippen molar-refractivity contribution in [3.05, 3.63) is 80.0 Å². The third kappa shape index (κ3) is 4.57. The smallest absolute Gasteiger partial charge is 0.343 e. The molecule has 5 rings (SSSR count). The maximum absolute atomic E-state index is 13.1. The Bertz CT molecular complexity index is 1080. The minimum Gasteiger partial charge on any atom is -0.507 e. The molecule has 0 aliphatic heterocycles. The maximum Gasteiger partial charge on any atom is 0.343 e. The molecular weight excluding hydrogens is 408 g/mol. The van der Waals surface area contributed by atoms with Crippen molar-refractivity contribution in [3.8, 4) is 11.5 Å². The first-order valence-electron chi connectivity index (χ1n) is 11.2. The molecule has 1 aromatic carbocycles. The summed E-state index contributed by atoms with van der Waals surface area (Å²) < 4.78 is 11.2. The average molecular weight is 437 g/mol. The van der Waals surface area contributed by atoms with Gasteiger partial charge < -0.3 is 14.3 Å². The van der Waals surface area contributed by atoms with E-state index < -0.39 is 0 Å². The Morgan fingerprint density at radius 1 is 1.16 bits per heavy atom. The minimum atomic E-state index is -0.379. The van der Waals surface area contributed by atoms with Crippen molar-refractivity contribution in [1.82, 2.24) is 0 Å². The van der Waals surface area contributed by atoms with Gasteiger partial charge >= 0.3 is 5.63 Å². The lowest BCUT2D eigenvalue weighted by Gasteiger charge is -2.19. The van der Waals surface area contributed by atoms with Gasteiger partial charge in [-0.3, -0.25) is 0 Å². The van der Waals surface area contributed by atoms with E-state index in [2.05, 4.69) is 18.2 Å². The van der Waals surface area contributed by atoms with Crippen LogP contribution < -0.4 is 10.4 Å². The van der Waals surface area contributed by atoms with Gasteiger partial charge in [0.25, 0.3) is 0 Å². The van der Waals surface area contributed by atoms with Gasteiger partial charge in [-0.2, -0.15) is 0 Å². The Kier molecular flexibility index (Phi) is 5.61. The number of benzene rings is 1. The molecule has 0 spiro atoms. The van der Waals surface area contributed by atoms with Crippen LogP contribution in [0.4, 0.5) is 0 Å². The van der Waals surface area contributed by atoms with Crippen LogP contribution in [0.3, 0.4) is 0 Å². The lowest BCUT2D eigenvalue weighted by atomic mass is 9.89. The molecule has 162 valence electrons. The van der Waals surface area contributed by atoms with Crippen molar-refractivity contribution in [2.45, 2.75) is 50.4 Å². The van der Waals surface area contributed by atoms with Crippen molar-refractivity contribution >= 4 is 11.3 Å². The molecule has 2 atom stereocenters. The number of hydrogen-bond acceptors (Lipinski definition) is 5. The molecule has 4 nitrogen and oxygen atoms in total. The number of hydrogen-bond donors (Lipinski definition) is 1. The Labute approximate surface area is 186 Å². The van der Waals surface area contributed by atoms with E-state index in [-0.39, 0.29) is 23.2 Å². The van der Waals surface area contributed by atoms with Gasteiger partial charge in [0.2, 0.25) is 0 Å². The fourth-order valence-corrected chi connectivity index (χ4v) is 5.53. The summed E-state index contributed by atoms with van der Waals surface area (Å²) in [7, 11) is 1.66. The first kappa shape index (κ1) is 20.4. The third-order valence-corrected chi connectivity index (χ3v) is 7.55. The van der Waals surface area contributed by atoms with Gasteiger partial charge in [-0.15, -0.1) is 11.3 Å². The quantitative estimate of drug-likeness (QED) is 0.441. The summed E-state index contributed by atoms with van der Waals surface area (Å²) in [5.74, 6) is 2.64. The first-order valence-corrected chi connectivity index (χ1v) is 12.0. The molecule has 2 aliphatic rings. The molecule has 2 aliphatic carbocycles. The third-order valence-electron chi connectivity index (χ3n) is 6.60. The SMILES string of the molecule is COc1ccc(CC(CC2CC2)c2cc(O)c(C(c3cccs3)C3CC3)c(=O)o2)cc1. The van der Waals surface area contributed by atoms with Crippen molar-refractivity contribution in [2.75, 3.05) is 7.11 Å². The Morgan fingerprint density at radius 3 is 2.52 bits per heavy atom. The highest BCUT2D eigenvalue weighted by Crippen LogP contribution is 2.49. The predicted octanol–water partition coefficient (Wildman–Crippen LogP) is 6.08. The van der Waals surface area contributed by atoms with Crippen molar-refractivity contribution < 1.29 is 14.3 Å². The van der Waals surface area contributed by atoms with E-state index in [1.54, 1.807) is 24.5 Å². The highest BCUT2D eigenvalue weighted by molar-refractivity contribution is 7.10. The zero-order chi connectivity index (χ0) is 21.4. The first-order chi connectivity index (χ1) is 15.1. The van der Waals surface area contributed by atoms with Crippen LogP contribution in [0.25, 0.3) is 0 Å². The maximum atomic E-state index is 13.1. The number of methoxy groups -OCH3 is 1. The van der Waals surface area contributed by atoms with Crippen LogP contribution in [-0.4, -0.2) is 12.2 Å². The van der Waals surface area contributed by atoms with Crippen LogP contribution in [0.15, 0.2) is 57.1 Å². The summed E-state index contributed by atoms with van der Waals surface area (Å²) in [4.78, 5) is 14.3. The summed E-state index contributed by atoms with van der Waals surface area (Å²) in [6, 6.07) is 13.8. The van der Waals surface area contributed by atoms with Crippen LogP contribution in [0.1, 0.15) is 65.7 Å². The van der Waals surface area contributed by atoms with Crippen LogP contribution >= 0.6 is 11.3 Å². The molecule has 2 fully saturated rings. The molecule has 2 saturated carbocycles.